The van der Waals surface area contributed by atoms with E-state index in [4.69, 9.17) is 0 Å². The zero-order valence-corrected chi connectivity index (χ0v) is 34.3. The maximum Gasteiger partial charge on any atom is 0.100 e. The van der Waals surface area contributed by atoms with Gasteiger partial charge in [0.05, 0.1) is 33.3 Å². The summed E-state index contributed by atoms with van der Waals surface area (Å²) in [7, 11) is 0. The van der Waals surface area contributed by atoms with E-state index in [1.807, 2.05) is 73.3 Å². The predicted molar refractivity (Wildman–Crippen MR) is 258 cm³/mol. The minimum absolute atomic E-state index is 0.548. The van der Waals surface area contributed by atoms with Gasteiger partial charge in [-0.25, -0.2) is 0 Å². The number of aromatic nitrogens is 6. The molecule has 0 unspecified atom stereocenters. The van der Waals surface area contributed by atoms with Crippen LogP contribution in [0.3, 0.4) is 0 Å². The summed E-state index contributed by atoms with van der Waals surface area (Å²) >= 11 is 0. The lowest BCUT2D eigenvalue weighted by Crippen LogP contribution is -2.07. The van der Waals surface area contributed by atoms with Gasteiger partial charge in [-0.2, -0.15) is 5.26 Å². The van der Waals surface area contributed by atoms with Crippen molar-refractivity contribution in [3.63, 3.8) is 0 Å². The molecule has 0 saturated heterocycles. The Bertz CT molecular complexity index is 3660. The van der Waals surface area contributed by atoms with Gasteiger partial charge in [0.25, 0.3) is 0 Å². The Kier molecular flexibility index (Phi) is 8.73. The molecular weight excluding hydrogens is 783 g/mol. The number of para-hydroxylation sites is 3. The van der Waals surface area contributed by atoms with Crippen LogP contribution in [0.2, 0.25) is 0 Å². The van der Waals surface area contributed by atoms with Gasteiger partial charge in [-0.15, -0.1) is 0 Å². The Morgan fingerprint density at radius 1 is 0.328 bits per heavy atom. The molecule has 0 aliphatic rings. The van der Waals surface area contributed by atoms with Crippen LogP contribution in [-0.2, 0) is 0 Å². The number of hydrogen-bond acceptors (Lipinski definition) is 5. The molecule has 0 spiro atoms. The van der Waals surface area contributed by atoms with Gasteiger partial charge in [0.1, 0.15) is 6.07 Å². The first-order valence-corrected chi connectivity index (χ1v) is 21.1. The van der Waals surface area contributed by atoms with Crippen molar-refractivity contribution in [2.45, 2.75) is 0 Å². The van der Waals surface area contributed by atoms with Crippen LogP contribution in [-0.4, -0.2) is 29.1 Å². The number of fused-ring (bicyclic) bond motifs is 6. The molecule has 0 fully saturated rings. The van der Waals surface area contributed by atoms with E-state index in [0.717, 1.165) is 94.3 Å². The highest BCUT2D eigenvalue weighted by Gasteiger charge is 2.30. The molecule has 12 rings (SSSR count). The van der Waals surface area contributed by atoms with E-state index in [1.54, 1.807) is 24.8 Å². The number of hydrogen-bond donors (Lipinski definition) is 0. The first-order chi connectivity index (χ1) is 31.8. The van der Waals surface area contributed by atoms with Crippen molar-refractivity contribution in [2.24, 2.45) is 0 Å². The molecule has 6 heterocycles. The Morgan fingerprint density at radius 3 is 1.16 bits per heavy atom. The molecule has 0 saturated carbocycles. The summed E-state index contributed by atoms with van der Waals surface area (Å²) in [5.41, 5.74) is 16.3. The second-order valence-electron chi connectivity index (χ2n) is 15.8. The first-order valence-electron chi connectivity index (χ1n) is 21.1. The van der Waals surface area contributed by atoms with Gasteiger partial charge in [0.15, 0.2) is 0 Å². The first kappa shape index (κ1) is 36.8. The Balaban J connectivity index is 1.20. The summed E-state index contributed by atoms with van der Waals surface area (Å²) < 4.78 is 4.75. The van der Waals surface area contributed by atoms with Crippen molar-refractivity contribution >= 4 is 43.6 Å². The van der Waals surface area contributed by atoms with Gasteiger partial charge >= 0.3 is 0 Å². The van der Waals surface area contributed by atoms with Crippen molar-refractivity contribution in [2.75, 3.05) is 0 Å². The molecule has 0 N–H and O–H groups in total. The van der Waals surface area contributed by atoms with Crippen molar-refractivity contribution in [1.82, 2.24) is 29.1 Å². The van der Waals surface area contributed by atoms with Crippen molar-refractivity contribution in [3.05, 3.63) is 219 Å². The summed E-state index contributed by atoms with van der Waals surface area (Å²) in [6.45, 7) is 0. The molecule has 0 aliphatic heterocycles. The minimum atomic E-state index is 0.548. The van der Waals surface area contributed by atoms with Crippen molar-refractivity contribution < 1.29 is 0 Å². The quantitative estimate of drug-likeness (QED) is 0.160. The van der Waals surface area contributed by atoms with Gasteiger partial charge in [-0.3, -0.25) is 19.9 Å². The van der Waals surface area contributed by atoms with E-state index in [2.05, 4.69) is 150 Å². The van der Waals surface area contributed by atoms with Crippen LogP contribution in [0, 0.1) is 11.3 Å². The van der Waals surface area contributed by atoms with E-state index >= 15 is 0 Å². The van der Waals surface area contributed by atoms with Crippen molar-refractivity contribution in [3.8, 4) is 73.1 Å². The highest BCUT2D eigenvalue weighted by molar-refractivity contribution is 6.15. The number of rotatable bonds is 7. The molecule has 0 bridgehead atoms. The molecule has 7 heteroatoms. The Labute approximate surface area is 368 Å². The summed E-state index contributed by atoms with van der Waals surface area (Å²) in [5, 5.41) is 16.1. The number of pyridine rings is 4. The zero-order valence-electron chi connectivity index (χ0n) is 34.3. The van der Waals surface area contributed by atoms with Gasteiger partial charge < -0.3 is 9.13 Å². The molecule has 64 heavy (non-hydrogen) atoms. The lowest BCUT2D eigenvalue weighted by Gasteiger charge is -2.27. The third kappa shape index (κ3) is 5.82. The second kappa shape index (κ2) is 15.2. The molecule has 6 aromatic heterocycles. The van der Waals surface area contributed by atoms with E-state index in [1.165, 1.54) is 16.3 Å². The molecule has 0 atom stereocenters. The lowest BCUT2D eigenvalue weighted by atomic mass is 9.80. The third-order valence-corrected chi connectivity index (χ3v) is 12.4. The smallest absolute Gasteiger partial charge is 0.100 e. The van der Waals surface area contributed by atoms with E-state index in [9.17, 15) is 5.26 Å². The Morgan fingerprint density at radius 2 is 0.703 bits per heavy atom. The van der Waals surface area contributed by atoms with Crippen LogP contribution in [0.5, 0.6) is 0 Å². The molecule has 6 aromatic carbocycles. The summed E-state index contributed by atoms with van der Waals surface area (Å²) in [4.78, 5) is 17.7. The number of nitrogens with zero attached hydrogens (tertiary/aromatic N) is 7. The van der Waals surface area contributed by atoms with Gasteiger partial charge in [-0.1, -0.05) is 66.7 Å². The normalized spacial score (nSPS) is 11.4. The van der Waals surface area contributed by atoms with E-state index < -0.39 is 0 Å². The maximum absolute atomic E-state index is 11.4. The molecule has 0 radical (unpaired) electrons. The van der Waals surface area contributed by atoms with Crippen LogP contribution in [0.1, 0.15) is 5.56 Å². The molecule has 7 nitrogen and oxygen atoms in total. The molecule has 0 aliphatic carbocycles. The second-order valence-corrected chi connectivity index (χ2v) is 15.8. The predicted octanol–water partition coefficient (Wildman–Crippen LogP) is 13.7. The molecule has 12 aromatic rings. The van der Waals surface area contributed by atoms with Crippen LogP contribution in [0.15, 0.2) is 213 Å². The van der Waals surface area contributed by atoms with Crippen LogP contribution < -0.4 is 0 Å². The number of nitriles is 1. The highest BCUT2D eigenvalue weighted by Crippen LogP contribution is 2.52. The summed E-state index contributed by atoms with van der Waals surface area (Å²) in [5.74, 6) is 0. The topological polar surface area (TPSA) is 85.2 Å². The fourth-order valence-corrected chi connectivity index (χ4v) is 9.69. The molecule has 0 amide bonds. The van der Waals surface area contributed by atoms with Crippen molar-refractivity contribution in [1.29, 1.82) is 5.26 Å². The van der Waals surface area contributed by atoms with Gasteiger partial charge in [-0.05, 0) is 130 Å². The van der Waals surface area contributed by atoms with Crippen LogP contribution in [0.25, 0.3) is 111 Å². The van der Waals surface area contributed by atoms with Gasteiger partial charge in [0.2, 0.25) is 0 Å². The fourth-order valence-electron chi connectivity index (χ4n) is 9.69. The number of benzene rings is 6. The summed E-state index contributed by atoms with van der Waals surface area (Å²) in [6, 6.07) is 60.3. The standard InChI is InChI=1S/C57H35N7/c58-36-48-53(37-18-26-59-27-19-37)55(39-22-30-61-31-23-39)57(56(40-24-32-62-33-25-40)54(48)38-20-28-60-29-21-38)64-50-13-7-5-11-45(50)47-35-42(15-17-52(47)64)41-14-16-51-46(34-41)44-10-4-6-12-49(44)63(51)43-8-2-1-3-9-43/h1-35H. The maximum atomic E-state index is 11.4. The fraction of sp³-hybridized carbons (Fsp3) is 0. The monoisotopic (exact) mass is 817 g/mol. The Hall–Kier alpha value is -8.99. The zero-order chi connectivity index (χ0) is 42.6. The minimum Gasteiger partial charge on any atom is -0.309 e. The summed E-state index contributed by atoms with van der Waals surface area (Å²) in [6.07, 6.45) is 14.4. The average molecular weight is 818 g/mol. The highest BCUT2D eigenvalue weighted by atomic mass is 15.0. The lowest BCUT2D eigenvalue weighted by molar-refractivity contribution is 1.18. The van der Waals surface area contributed by atoms with Gasteiger partial charge in [0, 0.05) is 99.1 Å². The SMILES string of the molecule is N#Cc1c(-c2ccncc2)c(-c2ccncc2)c(-n2c3ccccc3c3cc(-c4ccc5c(c4)c4ccccc4n5-c4ccccc4)ccc32)c(-c2ccncc2)c1-c1ccncc1. The molecular formula is C57H35N7. The van der Waals surface area contributed by atoms with E-state index in [-0.39, 0.29) is 0 Å². The average Bonchev–Trinajstić information content (AvgIpc) is 3.89. The third-order valence-electron chi connectivity index (χ3n) is 12.4. The van der Waals surface area contributed by atoms with Crippen LogP contribution >= 0.6 is 0 Å². The largest absolute Gasteiger partial charge is 0.309 e. The molecule has 298 valence electrons. The van der Waals surface area contributed by atoms with E-state index in [0.29, 0.717) is 5.56 Å². The van der Waals surface area contributed by atoms with Crippen LogP contribution in [0.4, 0.5) is 0 Å².